The number of benzene rings is 1. The van der Waals surface area contributed by atoms with Crippen LogP contribution in [0.1, 0.15) is 81.3 Å². The number of aromatic nitrogens is 1. The largest absolute Gasteiger partial charge is 0.314 e. The Labute approximate surface area is 201 Å². The number of nitrogens with zero attached hydrogens (tertiary/aromatic N) is 2. The zero-order valence-corrected chi connectivity index (χ0v) is 21.5. The quantitative estimate of drug-likeness (QED) is 0.594. The van der Waals surface area contributed by atoms with Crippen LogP contribution in [0.25, 0.3) is 11.6 Å². The van der Waals surface area contributed by atoms with Crippen molar-refractivity contribution in [2.75, 3.05) is 32.7 Å². The highest BCUT2D eigenvalue weighted by atomic mass is 15.2. The van der Waals surface area contributed by atoms with Crippen molar-refractivity contribution in [3.05, 3.63) is 64.5 Å². The van der Waals surface area contributed by atoms with Crippen molar-refractivity contribution in [3.8, 4) is 0 Å². The number of aryl methyl sites for hydroxylation is 1. The summed E-state index contributed by atoms with van der Waals surface area (Å²) in [6.07, 6.45) is 10.6. The van der Waals surface area contributed by atoms with Crippen LogP contribution in [0.5, 0.6) is 0 Å². The molecule has 1 aliphatic heterocycles. The Kier molecular flexibility index (Phi) is 7.40. The Balaban J connectivity index is 0.000000174. The molecule has 1 aromatic carbocycles. The Morgan fingerprint density at radius 2 is 1.85 bits per heavy atom. The molecule has 0 spiro atoms. The highest BCUT2D eigenvalue weighted by Gasteiger charge is 2.42. The molecule has 2 heterocycles. The van der Waals surface area contributed by atoms with Gasteiger partial charge in [0.15, 0.2) is 0 Å². The van der Waals surface area contributed by atoms with E-state index in [1.54, 1.807) is 0 Å². The second-order valence-corrected chi connectivity index (χ2v) is 11.8. The van der Waals surface area contributed by atoms with Crippen molar-refractivity contribution in [3.63, 3.8) is 0 Å². The molecule has 2 aliphatic carbocycles. The zero-order valence-electron chi connectivity index (χ0n) is 21.5. The predicted octanol–water partition coefficient (Wildman–Crippen LogP) is 6.35. The molecule has 0 atom stereocenters. The normalized spacial score (nSPS) is 19.4. The minimum atomic E-state index is 0.375. The molecule has 3 heteroatoms. The molecule has 2 fully saturated rings. The maximum Gasteiger partial charge on any atom is 0.0519 e. The Hall–Kier alpha value is -1.97. The zero-order chi connectivity index (χ0) is 23.5. The minimum Gasteiger partial charge on any atom is -0.314 e. The van der Waals surface area contributed by atoms with E-state index in [0.717, 1.165) is 6.42 Å². The van der Waals surface area contributed by atoms with Crippen molar-refractivity contribution >= 4 is 11.6 Å². The predicted molar refractivity (Wildman–Crippen MR) is 141 cm³/mol. The van der Waals surface area contributed by atoms with Gasteiger partial charge in [-0.2, -0.15) is 0 Å². The van der Waals surface area contributed by atoms with E-state index in [0.29, 0.717) is 10.8 Å². The summed E-state index contributed by atoms with van der Waals surface area (Å²) < 4.78 is 0. The van der Waals surface area contributed by atoms with Crippen LogP contribution < -0.4 is 5.32 Å². The number of nitrogens with one attached hydrogen (secondary N) is 1. The van der Waals surface area contributed by atoms with Gasteiger partial charge in [-0.25, -0.2) is 0 Å². The van der Waals surface area contributed by atoms with Gasteiger partial charge >= 0.3 is 0 Å². The molecule has 1 saturated carbocycles. The molecule has 178 valence electrons. The third kappa shape index (κ3) is 6.55. The first-order valence-electron chi connectivity index (χ1n) is 12.9. The summed E-state index contributed by atoms with van der Waals surface area (Å²) in [7, 11) is 0. The molecule has 1 N–H and O–H groups in total. The van der Waals surface area contributed by atoms with Crippen LogP contribution in [0.2, 0.25) is 0 Å². The second-order valence-electron chi connectivity index (χ2n) is 11.8. The van der Waals surface area contributed by atoms with Crippen LogP contribution in [0.4, 0.5) is 0 Å². The molecule has 2 aromatic rings. The van der Waals surface area contributed by atoms with E-state index in [2.05, 4.69) is 80.2 Å². The molecule has 1 saturated heterocycles. The molecule has 33 heavy (non-hydrogen) atoms. The van der Waals surface area contributed by atoms with E-state index in [4.69, 9.17) is 0 Å². The van der Waals surface area contributed by atoms with Crippen LogP contribution in [0.3, 0.4) is 0 Å². The molecular weight excluding hydrogens is 402 g/mol. The maximum absolute atomic E-state index is 4.59. The first-order valence-corrected chi connectivity index (χ1v) is 12.9. The molecule has 0 radical (unpaired) electrons. The number of fused-ring (bicyclic) bond motifs is 2. The number of piperazine rings is 1. The second kappa shape index (κ2) is 10.1. The van der Waals surface area contributed by atoms with Gasteiger partial charge in [-0.3, -0.25) is 4.98 Å². The van der Waals surface area contributed by atoms with Gasteiger partial charge in [0.05, 0.1) is 5.69 Å². The van der Waals surface area contributed by atoms with Gasteiger partial charge in [0, 0.05) is 38.8 Å². The summed E-state index contributed by atoms with van der Waals surface area (Å²) in [5.41, 5.74) is 9.12. The van der Waals surface area contributed by atoms with Crippen molar-refractivity contribution in [1.29, 1.82) is 0 Å². The molecular formula is C30H43N3. The van der Waals surface area contributed by atoms with Gasteiger partial charge in [0.1, 0.15) is 0 Å². The van der Waals surface area contributed by atoms with E-state index < -0.39 is 0 Å². The summed E-state index contributed by atoms with van der Waals surface area (Å²) in [5, 5.41) is 3.38. The van der Waals surface area contributed by atoms with Gasteiger partial charge in [-0.05, 0) is 84.4 Å². The molecule has 0 bridgehead atoms. The van der Waals surface area contributed by atoms with Crippen LogP contribution in [0.15, 0.2) is 36.5 Å². The van der Waals surface area contributed by atoms with Crippen LogP contribution in [-0.4, -0.2) is 42.6 Å². The molecule has 1 aromatic heterocycles. The number of allylic oxidation sites excluding steroid dienone is 1. The number of hydrogen-bond acceptors (Lipinski definition) is 3. The Morgan fingerprint density at radius 3 is 2.55 bits per heavy atom. The van der Waals surface area contributed by atoms with E-state index in [1.165, 1.54) is 91.9 Å². The number of rotatable bonds is 4. The number of hydrogen-bond donors (Lipinski definition) is 1. The average Bonchev–Trinajstić information content (AvgIpc) is 3.55. The van der Waals surface area contributed by atoms with Crippen LogP contribution in [0, 0.1) is 17.8 Å². The van der Waals surface area contributed by atoms with Gasteiger partial charge in [-0.15, -0.1) is 0 Å². The summed E-state index contributed by atoms with van der Waals surface area (Å²) in [5.74, 6) is 0. The standard InChI is InChI=1S/C19H19N.C11H24N2/c1-13-5-6-14-12-18-15(4-3-9-20-18)11-17(16(14)10-13)19(2)7-8-19;1-11(2,3)5-4-8-13-9-6-12-7-10-13/h3-6,9-11H,7-8,12H2,1-2H3;12H,4-10H2,1-3H3. The monoisotopic (exact) mass is 445 g/mol. The number of pyridine rings is 1. The Bertz CT molecular complexity index is 972. The van der Waals surface area contributed by atoms with Crippen LogP contribution in [-0.2, 0) is 6.42 Å². The van der Waals surface area contributed by atoms with Crippen molar-refractivity contribution < 1.29 is 0 Å². The van der Waals surface area contributed by atoms with E-state index in [1.807, 2.05) is 12.3 Å². The van der Waals surface area contributed by atoms with Gasteiger partial charge < -0.3 is 10.2 Å². The van der Waals surface area contributed by atoms with E-state index in [-0.39, 0.29) is 0 Å². The summed E-state index contributed by atoms with van der Waals surface area (Å²) in [6.45, 7) is 17.7. The summed E-state index contributed by atoms with van der Waals surface area (Å²) >= 11 is 0. The minimum absolute atomic E-state index is 0.375. The van der Waals surface area contributed by atoms with Crippen molar-refractivity contribution in [1.82, 2.24) is 15.2 Å². The van der Waals surface area contributed by atoms with Crippen molar-refractivity contribution in [2.45, 2.75) is 66.7 Å². The molecule has 3 aliphatic rings. The Morgan fingerprint density at radius 1 is 1.09 bits per heavy atom. The lowest BCUT2D eigenvalue weighted by molar-refractivity contribution is 0.223. The third-order valence-corrected chi connectivity index (χ3v) is 7.40. The van der Waals surface area contributed by atoms with Gasteiger partial charge in [0.2, 0.25) is 0 Å². The van der Waals surface area contributed by atoms with Crippen LogP contribution >= 0.6 is 0 Å². The lowest BCUT2D eigenvalue weighted by Crippen LogP contribution is -2.43. The summed E-state index contributed by atoms with van der Waals surface area (Å²) in [6, 6.07) is 11.1. The maximum atomic E-state index is 4.59. The topological polar surface area (TPSA) is 28.2 Å². The van der Waals surface area contributed by atoms with E-state index in [9.17, 15) is 0 Å². The molecule has 0 unspecified atom stereocenters. The molecule has 3 nitrogen and oxygen atoms in total. The van der Waals surface area contributed by atoms with Crippen molar-refractivity contribution in [2.24, 2.45) is 10.8 Å². The van der Waals surface area contributed by atoms with Gasteiger partial charge in [-0.1, -0.05) is 57.5 Å². The fraction of sp³-hybridized carbons (Fsp3) is 0.567. The fourth-order valence-electron chi connectivity index (χ4n) is 4.96. The smallest absolute Gasteiger partial charge is 0.0519 e. The highest BCUT2D eigenvalue weighted by Crippen LogP contribution is 2.57. The molecule has 5 rings (SSSR count). The average molecular weight is 446 g/mol. The summed E-state index contributed by atoms with van der Waals surface area (Å²) in [4.78, 5) is 7.16. The van der Waals surface area contributed by atoms with E-state index >= 15 is 0 Å². The fourth-order valence-corrected chi connectivity index (χ4v) is 4.96. The van der Waals surface area contributed by atoms with Gasteiger partial charge in [0.25, 0.3) is 0 Å². The molecule has 0 amide bonds. The first kappa shape index (κ1) is 24.2. The highest BCUT2D eigenvalue weighted by molar-refractivity contribution is 5.89. The lowest BCUT2D eigenvalue weighted by Gasteiger charge is -2.28. The SMILES string of the molecule is CC(C)(C)CCCN1CCNCC1.Cc1ccc2c(c1)C(C1(C)CC1)=Cc1cccnc1C2. The first-order chi connectivity index (χ1) is 15.7. The lowest BCUT2D eigenvalue weighted by atomic mass is 9.87. The third-order valence-electron chi connectivity index (χ3n) is 7.40.